The Kier molecular flexibility index (Phi) is 5.61. The fourth-order valence-electron chi connectivity index (χ4n) is 1.64. The highest BCUT2D eigenvalue weighted by atomic mass is 32.2. The molecule has 0 atom stereocenters. The summed E-state index contributed by atoms with van der Waals surface area (Å²) in [5.74, 6) is 0.506. The highest BCUT2D eigenvalue weighted by Gasteiger charge is 2.04. The van der Waals surface area contributed by atoms with Crippen LogP contribution in [0, 0.1) is 12.7 Å². The monoisotopic (exact) mass is 309 g/mol. The molecule has 0 bridgehead atoms. The highest BCUT2D eigenvalue weighted by Crippen LogP contribution is 2.19. The molecule has 0 aliphatic rings. The Morgan fingerprint density at radius 3 is 2.70 bits per heavy atom. The molecule has 0 unspecified atom stereocenters. The molecule has 0 saturated carbocycles. The molecule has 1 heterocycles. The predicted molar refractivity (Wildman–Crippen MR) is 82.6 cm³/mol. The van der Waals surface area contributed by atoms with E-state index in [4.69, 9.17) is 0 Å². The summed E-state index contributed by atoms with van der Waals surface area (Å²) in [6, 6.07) is 8.38. The summed E-state index contributed by atoms with van der Waals surface area (Å²) in [7, 11) is 0. The first kappa shape index (κ1) is 15.1. The van der Waals surface area contributed by atoms with Crippen LogP contribution >= 0.6 is 23.1 Å². The van der Waals surface area contributed by atoms with E-state index in [0.717, 1.165) is 4.90 Å². The van der Waals surface area contributed by atoms with Crippen molar-refractivity contribution < 1.29 is 9.18 Å². The van der Waals surface area contributed by atoms with Gasteiger partial charge in [0.25, 0.3) is 0 Å². The van der Waals surface area contributed by atoms with Crippen molar-refractivity contribution in [3.8, 4) is 0 Å². The fraction of sp³-hybridized carbons (Fsp3) is 0.267. The molecule has 0 radical (unpaired) electrons. The maximum atomic E-state index is 12.7. The average molecular weight is 309 g/mol. The van der Waals surface area contributed by atoms with Gasteiger partial charge in [0.1, 0.15) is 5.82 Å². The number of rotatable bonds is 6. The summed E-state index contributed by atoms with van der Waals surface area (Å²) < 4.78 is 12.7. The van der Waals surface area contributed by atoms with Gasteiger partial charge in [0.05, 0.1) is 6.54 Å². The Balaban J connectivity index is 1.68. The van der Waals surface area contributed by atoms with E-state index in [-0.39, 0.29) is 11.7 Å². The largest absolute Gasteiger partial charge is 0.351 e. The van der Waals surface area contributed by atoms with Crippen molar-refractivity contribution in [2.24, 2.45) is 0 Å². The van der Waals surface area contributed by atoms with E-state index in [2.05, 4.69) is 11.4 Å². The summed E-state index contributed by atoms with van der Waals surface area (Å²) in [6.45, 7) is 2.64. The van der Waals surface area contributed by atoms with Crippen molar-refractivity contribution in [3.63, 3.8) is 0 Å². The normalized spacial score (nSPS) is 10.5. The number of nitrogens with one attached hydrogen (secondary N) is 1. The topological polar surface area (TPSA) is 29.1 Å². The Bertz CT molecular complexity index is 566. The van der Waals surface area contributed by atoms with E-state index in [9.17, 15) is 9.18 Å². The van der Waals surface area contributed by atoms with Crippen LogP contribution in [0.15, 0.2) is 40.6 Å². The molecule has 0 saturated heterocycles. The average Bonchev–Trinajstić information content (AvgIpc) is 2.84. The molecule has 1 amide bonds. The molecule has 2 nitrogen and oxygen atoms in total. The molecule has 0 fully saturated rings. The molecular formula is C15H16FNOS2. The van der Waals surface area contributed by atoms with Crippen LogP contribution in [0.5, 0.6) is 0 Å². The third-order valence-electron chi connectivity index (χ3n) is 2.83. The van der Waals surface area contributed by atoms with Crippen molar-refractivity contribution in [3.05, 3.63) is 52.0 Å². The van der Waals surface area contributed by atoms with Crippen LogP contribution in [0.3, 0.4) is 0 Å². The quantitative estimate of drug-likeness (QED) is 0.817. The number of carbonyl (C=O) groups excluding carboxylic acids is 1. The third kappa shape index (κ3) is 4.65. The van der Waals surface area contributed by atoms with Gasteiger partial charge in [-0.1, -0.05) is 0 Å². The van der Waals surface area contributed by atoms with Crippen molar-refractivity contribution in [2.45, 2.75) is 24.8 Å². The maximum Gasteiger partial charge on any atom is 0.221 e. The van der Waals surface area contributed by atoms with Crippen LogP contribution < -0.4 is 5.32 Å². The Labute approximate surface area is 126 Å². The zero-order chi connectivity index (χ0) is 14.4. The minimum Gasteiger partial charge on any atom is -0.351 e. The number of aryl methyl sites for hydroxylation is 1. The molecule has 106 valence electrons. The van der Waals surface area contributed by atoms with E-state index in [0.29, 0.717) is 18.7 Å². The summed E-state index contributed by atoms with van der Waals surface area (Å²) in [4.78, 5) is 13.9. The first-order valence-electron chi connectivity index (χ1n) is 6.33. The minimum atomic E-state index is -0.238. The number of carbonyl (C=O) groups is 1. The van der Waals surface area contributed by atoms with Crippen molar-refractivity contribution in [1.29, 1.82) is 0 Å². The van der Waals surface area contributed by atoms with Gasteiger partial charge >= 0.3 is 0 Å². The second-order valence-corrected chi connectivity index (χ2v) is 6.52. The van der Waals surface area contributed by atoms with Crippen LogP contribution in [0.4, 0.5) is 4.39 Å². The van der Waals surface area contributed by atoms with Crippen LogP contribution in [0.2, 0.25) is 0 Å². The molecule has 1 N–H and O–H groups in total. The molecule has 0 spiro atoms. The van der Waals surface area contributed by atoms with Gasteiger partial charge in [-0.2, -0.15) is 0 Å². The number of hydrogen-bond donors (Lipinski definition) is 1. The number of benzene rings is 1. The van der Waals surface area contributed by atoms with Crippen LogP contribution in [-0.2, 0) is 11.3 Å². The number of hydrogen-bond acceptors (Lipinski definition) is 3. The van der Waals surface area contributed by atoms with Crippen molar-refractivity contribution in [1.82, 2.24) is 5.32 Å². The van der Waals surface area contributed by atoms with Gasteiger partial charge in [0.15, 0.2) is 0 Å². The summed E-state index contributed by atoms with van der Waals surface area (Å²) in [5.41, 5.74) is 1.22. The Hall–Kier alpha value is -1.33. The lowest BCUT2D eigenvalue weighted by molar-refractivity contribution is -0.120. The summed E-state index contributed by atoms with van der Waals surface area (Å²) in [5, 5.41) is 4.95. The first-order chi connectivity index (χ1) is 9.65. The molecular weight excluding hydrogens is 293 g/mol. The van der Waals surface area contributed by atoms with Crippen LogP contribution in [0.1, 0.15) is 16.9 Å². The lowest BCUT2D eigenvalue weighted by Crippen LogP contribution is -2.22. The fourth-order valence-corrected chi connectivity index (χ4v) is 3.34. The molecule has 2 rings (SSSR count). The molecule has 5 heteroatoms. The zero-order valence-electron chi connectivity index (χ0n) is 11.2. The second kappa shape index (κ2) is 7.45. The number of halogens is 1. The lowest BCUT2D eigenvalue weighted by atomic mass is 10.3. The predicted octanol–water partition coefficient (Wildman–Crippen LogP) is 3.99. The minimum absolute atomic E-state index is 0.0485. The molecule has 2 aromatic rings. The molecule has 20 heavy (non-hydrogen) atoms. The summed E-state index contributed by atoms with van der Waals surface area (Å²) >= 11 is 3.22. The Morgan fingerprint density at radius 1 is 1.30 bits per heavy atom. The van der Waals surface area contributed by atoms with Crippen molar-refractivity contribution >= 4 is 29.0 Å². The first-order valence-corrected chi connectivity index (χ1v) is 8.20. The molecule has 1 aromatic heterocycles. The Morgan fingerprint density at radius 2 is 2.05 bits per heavy atom. The van der Waals surface area contributed by atoms with E-state index >= 15 is 0 Å². The van der Waals surface area contributed by atoms with E-state index in [1.165, 1.54) is 22.6 Å². The number of thiophene rings is 1. The lowest BCUT2D eigenvalue weighted by Gasteiger charge is -2.05. The van der Waals surface area contributed by atoms with Gasteiger partial charge < -0.3 is 5.32 Å². The third-order valence-corrected chi connectivity index (χ3v) is 4.86. The van der Waals surface area contributed by atoms with E-state index < -0.39 is 0 Å². The standard InChI is InChI=1S/C15H16FNOS2/c1-11-6-8-20-14(11)10-17-15(18)7-9-19-13-4-2-12(16)3-5-13/h2-6,8H,7,9-10H2,1H3,(H,17,18). The van der Waals surface area contributed by atoms with Gasteiger partial charge in [0.2, 0.25) is 5.91 Å². The van der Waals surface area contributed by atoms with Gasteiger partial charge in [0, 0.05) is 21.9 Å². The van der Waals surface area contributed by atoms with Gasteiger partial charge in [-0.25, -0.2) is 4.39 Å². The van der Waals surface area contributed by atoms with Gasteiger partial charge in [-0.05, 0) is 48.2 Å². The molecule has 0 aliphatic carbocycles. The SMILES string of the molecule is Cc1ccsc1CNC(=O)CCSc1ccc(F)cc1. The second-order valence-electron chi connectivity index (χ2n) is 4.36. The van der Waals surface area contributed by atoms with E-state index in [1.54, 1.807) is 35.2 Å². The molecule has 1 aromatic carbocycles. The van der Waals surface area contributed by atoms with Crippen LogP contribution in [0.25, 0.3) is 0 Å². The molecule has 0 aliphatic heterocycles. The number of thioether (sulfide) groups is 1. The van der Waals surface area contributed by atoms with Crippen molar-refractivity contribution in [2.75, 3.05) is 5.75 Å². The highest BCUT2D eigenvalue weighted by molar-refractivity contribution is 7.99. The van der Waals surface area contributed by atoms with Crippen LogP contribution in [-0.4, -0.2) is 11.7 Å². The zero-order valence-corrected chi connectivity index (χ0v) is 12.8. The van der Waals surface area contributed by atoms with Gasteiger partial charge in [-0.3, -0.25) is 4.79 Å². The summed E-state index contributed by atoms with van der Waals surface area (Å²) in [6.07, 6.45) is 0.465. The van der Waals surface area contributed by atoms with Gasteiger partial charge in [-0.15, -0.1) is 23.1 Å². The maximum absolute atomic E-state index is 12.7. The van der Waals surface area contributed by atoms with E-state index in [1.807, 2.05) is 12.3 Å². The number of amides is 1. The smallest absolute Gasteiger partial charge is 0.221 e.